The monoisotopic (exact) mass is 362 g/mol. The summed E-state index contributed by atoms with van der Waals surface area (Å²) in [5.74, 6) is 13.5. The van der Waals surface area contributed by atoms with Crippen LogP contribution >= 0.6 is 0 Å². The summed E-state index contributed by atoms with van der Waals surface area (Å²) >= 11 is 0. The van der Waals surface area contributed by atoms with Gasteiger partial charge in [-0.2, -0.15) is 0 Å². The van der Waals surface area contributed by atoms with Gasteiger partial charge >= 0.3 is 0 Å². The third-order valence-corrected chi connectivity index (χ3v) is 5.33. The molecule has 0 spiro atoms. The predicted octanol–water partition coefficient (Wildman–Crippen LogP) is 5.36. The number of benzene rings is 4. The summed E-state index contributed by atoms with van der Waals surface area (Å²) in [4.78, 5) is 0. The Labute approximate surface area is 170 Å². The molecule has 0 saturated carbocycles. The molecule has 0 bridgehead atoms. The second kappa shape index (κ2) is 6.56. The summed E-state index contributed by atoms with van der Waals surface area (Å²) in [6.07, 6.45) is 28.6. The number of hydrogen-bond acceptors (Lipinski definition) is 0. The molecule has 130 valence electrons. The van der Waals surface area contributed by atoms with E-state index in [0.29, 0.717) is 22.3 Å². The number of aryl methyl sites for hydroxylation is 1. The van der Waals surface area contributed by atoms with Gasteiger partial charge in [-0.15, -0.1) is 32.1 Å². The van der Waals surface area contributed by atoms with Crippen LogP contribution in [-0.2, 0) is 0 Å². The molecule has 0 nitrogen and oxygen atoms in total. The van der Waals surface area contributed by atoms with Gasteiger partial charge in [0.25, 0.3) is 0 Å². The minimum absolute atomic E-state index is 0.660. The second-order valence-corrected chi connectivity index (χ2v) is 6.82. The van der Waals surface area contributed by atoms with Crippen LogP contribution in [-0.4, -0.2) is 0 Å². The molecule has 0 aromatic heterocycles. The van der Waals surface area contributed by atoms with Crippen molar-refractivity contribution >= 4 is 32.3 Å². The third kappa shape index (κ3) is 2.52. The van der Waals surface area contributed by atoms with Crippen LogP contribution in [0.5, 0.6) is 0 Å². The van der Waals surface area contributed by atoms with Crippen LogP contribution in [0, 0.1) is 68.6 Å². The van der Waals surface area contributed by atoms with Gasteiger partial charge in [0.1, 0.15) is 0 Å². The highest BCUT2D eigenvalue weighted by Crippen LogP contribution is 2.38. The van der Waals surface area contributed by atoms with Crippen LogP contribution in [0.25, 0.3) is 32.3 Å². The van der Waals surface area contributed by atoms with Crippen LogP contribution in [0.3, 0.4) is 0 Å². The number of rotatable bonds is 0. The highest BCUT2D eigenvalue weighted by atomic mass is 14.2. The van der Waals surface area contributed by atoms with Gasteiger partial charge in [0.05, 0.1) is 0 Å². The molecule has 4 aromatic rings. The van der Waals surface area contributed by atoms with Crippen molar-refractivity contribution in [2.24, 2.45) is 0 Å². The minimum Gasteiger partial charge on any atom is -0.115 e. The fraction of sp³-hybridized carbons (Fsp3) is 0.0345. The molecule has 0 heterocycles. The largest absolute Gasteiger partial charge is 0.115 e. The van der Waals surface area contributed by atoms with E-state index in [1.54, 1.807) is 0 Å². The number of fused-ring (bicyclic) bond motifs is 6. The summed E-state index contributed by atoms with van der Waals surface area (Å²) in [6, 6.07) is 11.9. The van der Waals surface area contributed by atoms with Gasteiger partial charge in [0, 0.05) is 27.8 Å². The summed E-state index contributed by atoms with van der Waals surface area (Å²) in [7, 11) is 0. The molecule has 0 atom stereocenters. The lowest BCUT2D eigenvalue weighted by atomic mass is 9.88. The first-order valence-corrected chi connectivity index (χ1v) is 8.91. The van der Waals surface area contributed by atoms with Crippen molar-refractivity contribution < 1.29 is 0 Å². The lowest BCUT2D eigenvalue weighted by Crippen LogP contribution is -1.93. The van der Waals surface area contributed by atoms with Gasteiger partial charge in [0.15, 0.2) is 0 Å². The van der Waals surface area contributed by atoms with Gasteiger partial charge in [-0.05, 0) is 81.2 Å². The first-order valence-electron chi connectivity index (χ1n) is 8.91. The minimum atomic E-state index is 0.660. The second-order valence-electron chi connectivity index (χ2n) is 6.82. The quantitative estimate of drug-likeness (QED) is 0.292. The molecule has 4 rings (SSSR count). The van der Waals surface area contributed by atoms with Crippen LogP contribution in [0.2, 0.25) is 0 Å². The van der Waals surface area contributed by atoms with Crippen molar-refractivity contribution in [1.29, 1.82) is 0 Å². The fourth-order valence-corrected chi connectivity index (χ4v) is 3.88. The molecule has 0 N–H and O–H groups in total. The number of terminal acetylenes is 5. The summed E-state index contributed by atoms with van der Waals surface area (Å²) < 4.78 is 0. The maximum atomic E-state index is 5.73. The van der Waals surface area contributed by atoms with Gasteiger partial charge < -0.3 is 0 Å². The van der Waals surface area contributed by atoms with Crippen LogP contribution in [0.4, 0.5) is 0 Å². The van der Waals surface area contributed by atoms with E-state index in [2.05, 4.69) is 35.7 Å². The molecular weight excluding hydrogens is 348 g/mol. The maximum absolute atomic E-state index is 5.73. The highest BCUT2D eigenvalue weighted by molar-refractivity contribution is 6.26. The molecule has 0 radical (unpaired) electrons. The van der Waals surface area contributed by atoms with E-state index < -0.39 is 0 Å². The van der Waals surface area contributed by atoms with Gasteiger partial charge in [0.2, 0.25) is 0 Å². The Balaban J connectivity index is 2.41. The normalized spacial score (nSPS) is 10.1. The van der Waals surface area contributed by atoms with Crippen molar-refractivity contribution in [2.45, 2.75) is 6.92 Å². The van der Waals surface area contributed by atoms with E-state index >= 15 is 0 Å². The molecule has 0 aliphatic rings. The Morgan fingerprint density at radius 1 is 0.414 bits per heavy atom. The fourth-order valence-electron chi connectivity index (χ4n) is 3.88. The lowest BCUT2D eigenvalue weighted by molar-refractivity contribution is 1.47. The summed E-state index contributed by atoms with van der Waals surface area (Å²) in [5, 5.41) is 5.97. The van der Waals surface area contributed by atoms with Crippen molar-refractivity contribution in [3.05, 3.63) is 69.8 Å². The molecule has 0 unspecified atom stereocenters. The van der Waals surface area contributed by atoms with E-state index in [4.69, 9.17) is 32.1 Å². The first-order chi connectivity index (χ1) is 14.1. The van der Waals surface area contributed by atoms with E-state index in [-0.39, 0.29) is 0 Å². The van der Waals surface area contributed by atoms with Crippen molar-refractivity contribution in [3.8, 4) is 61.7 Å². The lowest BCUT2D eigenvalue weighted by Gasteiger charge is -2.15. The van der Waals surface area contributed by atoms with E-state index in [9.17, 15) is 0 Å². The molecule has 0 fully saturated rings. The van der Waals surface area contributed by atoms with Crippen molar-refractivity contribution in [3.63, 3.8) is 0 Å². The maximum Gasteiger partial charge on any atom is 0.0405 e. The van der Waals surface area contributed by atoms with Crippen molar-refractivity contribution in [1.82, 2.24) is 0 Å². The van der Waals surface area contributed by atoms with Gasteiger partial charge in [-0.25, -0.2) is 0 Å². The molecule has 0 aliphatic carbocycles. The predicted molar refractivity (Wildman–Crippen MR) is 123 cm³/mol. The average Bonchev–Trinajstić information content (AvgIpc) is 2.76. The van der Waals surface area contributed by atoms with Gasteiger partial charge in [-0.3, -0.25) is 0 Å². The van der Waals surface area contributed by atoms with Crippen LogP contribution in [0.1, 0.15) is 33.4 Å². The Kier molecular flexibility index (Phi) is 4.04. The summed E-state index contributed by atoms with van der Waals surface area (Å²) in [5.41, 5.74) is 4.52. The SMILES string of the molecule is C#Cc1cc2c(cc1C)c1cc(C#C)c(C#C)cc1c1cc(C#C)c(C#C)cc21. The smallest absolute Gasteiger partial charge is 0.0405 e. The Morgan fingerprint density at radius 3 is 0.931 bits per heavy atom. The molecule has 29 heavy (non-hydrogen) atoms. The van der Waals surface area contributed by atoms with Crippen molar-refractivity contribution in [2.75, 3.05) is 0 Å². The topological polar surface area (TPSA) is 0 Å². The summed E-state index contributed by atoms with van der Waals surface area (Å²) in [6.45, 7) is 2.00. The Bertz CT molecular complexity index is 1540. The average molecular weight is 362 g/mol. The highest BCUT2D eigenvalue weighted by Gasteiger charge is 2.14. The Hall–Kier alpha value is -4.54. The van der Waals surface area contributed by atoms with Gasteiger partial charge in [-0.1, -0.05) is 29.6 Å². The van der Waals surface area contributed by atoms with E-state index in [0.717, 1.165) is 43.4 Å². The zero-order valence-corrected chi connectivity index (χ0v) is 15.9. The molecule has 0 amide bonds. The van der Waals surface area contributed by atoms with Crippen LogP contribution < -0.4 is 0 Å². The molecule has 0 saturated heterocycles. The third-order valence-electron chi connectivity index (χ3n) is 5.33. The molecule has 0 aliphatic heterocycles. The molecular formula is C29H14. The zero-order valence-electron chi connectivity index (χ0n) is 15.9. The number of hydrogen-bond donors (Lipinski definition) is 0. The molecule has 0 heteroatoms. The Morgan fingerprint density at radius 2 is 0.655 bits per heavy atom. The standard InChI is InChI=1S/C29H14/c1-7-19-13-25-24(12-18(19)6)26-14-20(8-2)22(10-4)16-28(26)29-17-23(11-5)21(9-3)15-27(25)29/h1-5,12-17H,6H3. The zero-order chi connectivity index (χ0) is 20.7. The first kappa shape index (κ1) is 17.9. The van der Waals surface area contributed by atoms with E-state index in [1.165, 1.54) is 0 Å². The van der Waals surface area contributed by atoms with E-state index in [1.807, 2.05) is 37.3 Å². The van der Waals surface area contributed by atoms with Crippen LogP contribution in [0.15, 0.2) is 36.4 Å². The molecule has 4 aromatic carbocycles.